The summed E-state index contributed by atoms with van der Waals surface area (Å²) in [5, 5.41) is 3.58. The number of hydrogen-bond donors (Lipinski definition) is 2. The summed E-state index contributed by atoms with van der Waals surface area (Å²) in [4.78, 5) is 30.2. The number of benzene rings is 2. The molecule has 0 bridgehead atoms. The highest BCUT2D eigenvalue weighted by molar-refractivity contribution is 7.15. The average molecular weight is 422 g/mol. The van der Waals surface area contributed by atoms with E-state index in [1.807, 2.05) is 12.1 Å². The van der Waals surface area contributed by atoms with Crippen LogP contribution in [0.4, 0.5) is 5.13 Å². The molecule has 0 unspecified atom stereocenters. The number of nitrogens with two attached hydrogens (primary N) is 1. The highest BCUT2D eigenvalue weighted by Gasteiger charge is 2.16. The lowest BCUT2D eigenvalue weighted by molar-refractivity contribution is 0.0994. The number of anilines is 1. The van der Waals surface area contributed by atoms with Gasteiger partial charge < -0.3 is 10.5 Å². The van der Waals surface area contributed by atoms with Crippen molar-refractivity contribution in [2.24, 2.45) is 5.73 Å². The van der Waals surface area contributed by atoms with Crippen LogP contribution in [-0.2, 0) is 19.4 Å². The molecule has 1 heterocycles. The Bertz CT molecular complexity index is 1050. The molecule has 1 aliphatic carbocycles. The Balaban J connectivity index is 1.43. The quantitative estimate of drug-likeness (QED) is 0.579. The average Bonchev–Trinajstić information content (AvgIpc) is 3.00. The van der Waals surface area contributed by atoms with Gasteiger partial charge in [0.05, 0.1) is 11.3 Å². The van der Waals surface area contributed by atoms with Crippen LogP contribution in [0.1, 0.15) is 56.1 Å². The Hall–Kier alpha value is -3.19. The number of para-hydroxylation sites is 1. The summed E-state index contributed by atoms with van der Waals surface area (Å²) >= 11 is 1.58. The topological polar surface area (TPSA) is 94.3 Å². The van der Waals surface area contributed by atoms with E-state index in [-0.39, 0.29) is 12.5 Å². The molecule has 0 spiro atoms. The molecule has 6 nitrogen and oxygen atoms in total. The summed E-state index contributed by atoms with van der Waals surface area (Å²) in [5.74, 6) is -0.317. The van der Waals surface area contributed by atoms with Gasteiger partial charge in [0.15, 0.2) is 5.13 Å². The fraction of sp³-hybridized carbons (Fsp3) is 0.261. The zero-order valence-electron chi connectivity index (χ0n) is 16.5. The molecule has 0 saturated carbocycles. The Morgan fingerprint density at radius 3 is 2.77 bits per heavy atom. The first-order valence-corrected chi connectivity index (χ1v) is 10.8. The molecular weight excluding hydrogens is 398 g/mol. The van der Waals surface area contributed by atoms with Crippen molar-refractivity contribution in [3.63, 3.8) is 0 Å². The van der Waals surface area contributed by atoms with Crippen LogP contribution in [0.2, 0.25) is 0 Å². The first-order chi connectivity index (χ1) is 14.6. The summed E-state index contributed by atoms with van der Waals surface area (Å²) in [7, 11) is 0. The van der Waals surface area contributed by atoms with E-state index >= 15 is 0 Å². The number of ether oxygens (including phenoxy) is 1. The second kappa shape index (κ2) is 9.09. The van der Waals surface area contributed by atoms with E-state index in [1.54, 1.807) is 47.7 Å². The van der Waals surface area contributed by atoms with Crippen molar-refractivity contribution >= 4 is 28.3 Å². The SMILES string of the molecule is NC(=O)c1ccccc1OCc1cccc(C(=O)Nc2nc3c(s2)CCCCC3)c1. The number of rotatable bonds is 6. The van der Waals surface area contributed by atoms with Crippen molar-refractivity contribution in [3.05, 3.63) is 75.8 Å². The Morgan fingerprint density at radius 2 is 1.90 bits per heavy atom. The molecule has 0 fully saturated rings. The summed E-state index contributed by atoms with van der Waals surface area (Å²) in [6.07, 6.45) is 5.61. The van der Waals surface area contributed by atoms with Gasteiger partial charge in [-0.15, -0.1) is 11.3 Å². The summed E-state index contributed by atoms with van der Waals surface area (Å²) in [5.41, 5.74) is 8.19. The normalized spacial score (nSPS) is 13.2. The molecule has 7 heteroatoms. The Kier molecular flexibility index (Phi) is 6.09. The molecule has 2 aromatic carbocycles. The molecule has 3 N–H and O–H groups in total. The van der Waals surface area contributed by atoms with Gasteiger partial charge in [0, 0.05) is 10.4 Å². The molecule has 0 radical (unpaired) electrons. The fourth-order valence-electron chi connectivity index (χ4n) is 3.51. The Morgan fingerprint density at radius 1 is 1.07 bits per heavy atom. The molecule has 3 aromatic rings. The number of aryl methyl sites for hydroxylation is 2. The standard InChI is InChI=1S/C23H23N3O3S/c24-21(27)17-9-4-5-11-19(17)29-14-15-7-6-8-16(13-15)22(28)26-23-25-18-10-2-1-3-12-20(18)30-23/h4-9,11,13H,1-3,10,12,14H2,(H2,24,27)(H,25,26,28). The molecule has 0 aliphatic heterocycles. The molecule has 30 heavy (non-hydrogen) atoms. The van der Waals surface area contributed by atoms with Gasteiger partial charge in [-0.1, -0.05) is 30.7 Å². The number of primary amides is 1. The maximum Gasteiger partial charge on any atom is 0.257 e. The maximum absolute atomic E-state index is 12.7. The predicted octanol–water partition coefficient (Wildman–Crippen LogP) is 4.34. The predicted molar refractivity (Wildman–Crippen MR) is 117 cm³/mol. The highest BCUT2D eigenvalue weighted by Crippen LogP contribution is 2.29. The van der Waals surface area contributed by atoms with Crippen molar-refractivity contribution in [2.45, 2.75) is 38.7 Å². The van der Waals surface area contributed by atoms with E-state index in [4.69, 9.17) is 10.5 Å². The van der Waals surface area contributed by atoms with Crippen LogP contribution in [0, 0.1) is 0 Å². The molecule has 1 aliphatic rings. The van der Waals surface area contributed by atoms with Crippen LogP contribution < -0.4 is 15.8 Å². The molecule has 154 valence electrons. The van der Waals surface area contributed by atoms with Crippen LogP contribution in [0.15, 0.2) is 48.5 Å². The number of nitrogens with one attached hydrogen (secondary N) is 1. The summed E-state index contributed by atoms with van der Waals surface area (Å²) in [6, 6.07) is 14.0. The monoisotopic (exact) mass is 421 g/mol. The van der Waals surface area contributed by atoms with Gasteiger partial charge in [-0.3, -0.25) is 14.9 Å². The van der Waals surface area contributed by atoms with Crippen molar-refractivity contribution < 1.29 is 14.3 Å². The number of thiazole rings is 1. The molecule has 0 saturated heterocycles. The largest absolute Gasteiger partial charge is 0.488 e. The van der Waals surface area contributed by atoms with E-state index < -0.39 is 5.91 Å². The fourth-order valence-corrected chi connectivity index (χ4v) is 4.56. The minimum atomic E-state index is -0.541. The molecule has 4 rings (SSSR count). The third kappa shape index (κ3) is 4.68. The Labute approximate surface area is 179 Å². The minimum Gasteiger partial charge on any atom is -0.488 e. The summed E-state index contributed by atoms with van der Waals surface area (Å²) in [6.45, 7) is 0.219. The van der Waals surface area contributed by atoms with Crippen LogP contribution >= 0.6 is 11.3 Å². The van der Waals surface area contributed by atoms with Crippen LogP contribution in [0.3, 0.4) is 0 Å². The van der Waals surface area contributed by atoms with Crippen molar-refractivity contribution in [2.75, 3.05) is 5.32 Å². The lowest BCUT2D eigenvalue weighted by Crippen LogP contribution is -2.13. The van der Waals surface area contributed by atoms with Crippen molar-refractivity contribution in [1.29, 1.82) is 0 Å². The molecule has 1 aromatic heterocycles. The molecule has 2 amide bonds. The maximum atomic E-state index is 12.7. The molecular formula is C23H23N3O3S. The van der Waals surface area contributed by atoms with Crippen LogP contribution in [0.25, 0.3) is 0 Å². The lowest BCUT2D eigenvalue weighted by atomic mass is 10.1. The van der Waals surface area contributed by atoms with Gasteiger partial charge in [-0.2, -0.15) is 0 Å². The number of carbonyl (C=O) groups is 2. The number of aromatic nitrogens is 1. The van der Waals surface area contributed by atoms with Crippen LogP contribution in [-0.4, -0.2) is 16.8 Å². The first kappa shape index (κ1) is 20.1. The minimum absolute atomic E-state index is 0.196. The lowest BCUT2D eigenvalue weighted by Gasteiger charge is -2.10. The van der Waals surface area contributed by atoms with E-state index in [0.717, 1.165) is 30.5 Å². The van der Waals surface area contributed by atoms with Crippen molar-refractivity contribution in [1.82, 2.24) is 4.98 Å². The second-order valence-electron chi connectivity index (χ2n) is 7.25. The van der Waals surface area contributed by atoms with Gasteiger partial charge in [0.2, 0.25) is 0 Å². The van der Waals surface area contributed by atoms with E-state index in [0.29, 0.717) is 22.0 Å². The second-order valence-corrected chi connectivity index (χ2v) is 8.34. The van der Waals surface area contributed by atoms with Gasteiger partial charge in [-0.05, 0) is 55.5 Å². The number of amides is 2. The van der Waals surface area contributed by atoms with Crippen molar-refractivity contribution in [3.8, 4) is 5.75 Å². The summed E-state index contributed by atoms with van der Waals surface area (Å²) < 4.78 is 5.76. The number of nitrogens with zero attached hydrogens (tertiary/aromatic N) is 1. The van der Waals surface area contributed by atoms with Gasteiger partial charge >= 0.3 is 0 Å². The third-order valence-electron chi connectivity index (χ3n) is 5.05. The van der Waals surface area contributed by atoms with E-state index in [1.165, 1.54) is 17.7 Å². The number of fused-ring (bicyclic) bond motifs is 1. The number of carbonyl (C=O) groups excluding carboxylic acids is 2. The van der Waals surface area contributed by atoms with Gasteiger partial charge in [-0.25, -0.2) is 4.98 Å². The van der Waals surface area contributed by atoms with Gasteiger partial charge in [0.25, 0.3) is 11.8 Å². The first-order valence-electron chi connectivity index (χ1n) is 10.0. The zero-order chi connectivity index (χ0) is 20.9. The highest BCUT2D eigenvalue weighted by atomic mass is 32.1. The zero-order valence-corrected chi connectivity index (χ0v) is 17.3. The smallest absolute Gasteiger partial charge is 0.257 e. The van der Waals surface area contributed by atoms with E-state index in [2.05, 4.69) is 10.3 Å². The molecule has 0 atom stereocenters. The van der Waals surface area contributed by atoms with Crippen LogP contribution in [0.5, 0.6) is 5.75 Å². The number of hydrogen-bond acceptors (Lipinski definition) is 5. The van der Waals surface area contributed by atoms with E-state index in [9.17, 15) is 9.59 Å². The third-order valence-corrected chi connectivity index (χ3v) is 6.13. The van der Waals surface area contributed by atoms with Gasteiger partial charge in [0.1, 0.15) is 12.4 Å².